The first-order chi connectivity index (χ1) is 12.8. The van der Waals surface area contributed by atoms with E-state index >= 15 is 0 Å². The summed E-state index contributed by atoms with van der Waals surface area (Å²) in [4.78, 5) is 10.7. The highest BCUT2D eigenvalue weighted by Gasteiger charge is 2.30. The van der Waals surface area contributed by atoms with Crippen molar-refractivity contribution in [2.45, 2.75) is 6.18 Å². The number of allylic oxidation sites excluding steroid dienone is 2. The number of alkyl halides is 3. The molecule has 0 saturated carbocycles. The van der Waals surface area contributed by atoms with Crippen molar-refractivity contribution in [3.8, 4) is 11.5 Å². The zero-order valence-electron chi connectivity index (χ0n) is 14.0. The van der Waals surface area contributed by atoms with Gasteiger partial charge in [0.1, 0.15) is 13.2 Å². The molecule has 0 aliphatic carbocycles. The molecule has 0 spiro atoms. The van der Waals surface area contributed by atoms with E-state index in [9.17, 15) is 18.0 Å². The molecule has 1 heterocycles. The average Bonchev–Trinajstić information content (AvgIpc) is 2.64. The molecule has 2 aromatic rings. The van der Waals surface area contributed by atoms with E-state index < -0.39 is 17.7 Å². The maximum absolute atomic E-state index is 12.8. The van der Waals surface area contributed by atoms with E-state index in [2.05, 4.69) is 0 Å². The Balaban J connectivity index is 2.02. The van der Waals surface area contributed by atoms with Gasteiger partial charge in [-0.15, -0.1) is 0 Å². The number of ether oxygens (including phenoxy) is 2. The molecule has 1 aliphatic rings. The molecule has 0 saturated heterocycles. The van der Waals surface area contributed by atoms with Crippen LogP contribution in [-0.2, 0) is 11.0 Å². The number of hydrogen-bond acceptors (Lipinski definition) is 3. The summed E-state index contributed by atoms with van der Waals surface area (Å²) < 4.78 is 49.4. The third-order valence-electron chi connectivity index (χ3n) is 3.88. The number of fused-ring (bicyclic) bond motifs is 1. The van der Waals surface area contributed by atoms with Gasteiger partial charge in [-0.05, 0) is 41.0 Å². The molecule has 0 fully saturated rings. The minimum Gasteiger partial charge on any atom is -0.486 e. The summed E-state index contributed by atoms with van der Waals surface area (Å²) in [5.74, 6) is -0.0168. The van der Waals surface area contributed by atoms with E-state index in [1.807, 2.05) is 0 Å². The van der Waals surface area contributed by atoms with Crippen LogP contribution in [-0.4, -0.2) is 24.3 Å². The highest BCUT2D eigenvalue weighted by atomic mass is 19.4. The summed E-state index contributed by atoms with van der Waals surface area (Å²) in [6.45, 7) is 0.837. The summed E-state index contributed by atoms with van der Waals surface area (Å²) in [5, 5.41) is 8.77. The van der Waals surface area contributed by atoms with Gasteiger partial charge in [0, 0.05) is 6.08 Å². The van der Waals surface area contributed by atoms with Gasteiger partial charge in [-0.2, -0.15) is 13.2 Å². The topological polar surface area (TPSA) is 55.8 Å². The van der Waals surface area contributed by atoms with E-state index in [0.29, 0.717) is 41.4 Å². The number of halogens is 3. The Morgan fingerprint density at radius 2 is 1.59 bits per heavy atom. The number of hydrogen-bond donors (Lipinski definition) is 1. The van der Waals surface area contributed by atoms with E-state index in [1.165, 1.54) is 24.3 Å². The molecule has 1 aliphatic heterocycles. The van der Waals surface area contributed by atoms with Crippen molar-refractivity contribution in [2.24, 2.45) is 0 Å². The SMILES string of the molecule is O=C(O)C=CC=C(c1ccc(C(F)(F)F)cc1)c1ccc2c(c1)OCCO2. The highest BCUT2D eigenvalue weighted by Crippen LogP contribution is 2.36. The zero-order valence-corrected chi connectivity index (χ0v) is 14.0. The van der Waals surface area contributed by atoms with Crippen LogP contribution in [0.15, 0.2) is 60.7 Å². The summed E-state index contributed by atoms with van der Waals surface area (Å²) in [5.41, 5.74) is 0.968. The number of carbonyl (C=O) groups is 1. The van der Waals surface area contributed by atoms with Gasteiger partial charge in [0.25, 0.3) is 0 Å². The molecule has 0 amide bonds. The van der Waals surface area contributed by atoms with E-state index in [0.717, 1.165) is 18.2 Å². The maximum Gasteiger partial charge on any atom is 0.416 e. The lowest BCUT2D eigenvalue weighted by Gasteiger charge is -2.19. The molecule has 4 nitrogen and oxygen atoms in total. The van der Waals surface area contributed by atoms with Gasteiger partial charge in [0.15, 0.2) is 11.5 Å². The fourth-order valence-corrected chi connectivity index (χ4v) is 2.64. The van der Waals surface area contributed by atoms with Crippen LogP contribution in [0.4, 0.5) is 13.2 Å². The number of aliphatic carboxylic acids is 1. The lowest BCUT2D eigenvalue weighted by atomic mass is 9.96. The van der Waals surface area contributed by atoms with Crippen molar-refractivity contribution in [3.63, 3.8) is 0 Å². The van der Waals surface area contributed by atoms with Crippen LogP contribution in [0.25, 0.3) is 5.57 Å². The van der Waals surface area contributed by atoms with Crippen molar-refractivity contribution in [2.75, 3.05) is 13.2 Å². The summed E-state index contributed by atoms with van der Waals surface area (Å²) >= 11 is 0. The Bertz CT molecular complexity index is 896. The van der Waals surface area contributed by atoms with Crippen LogP contribution in [0.5, 0.6) is 11.5 Å². The van der Waals surface area contributed by atoms with Gasteiger partial charge in [-0.1, -0.05) is 30.4 Å². The monoisotopic (exact) mass is 376 g/mol. The molecule has 0 unspecified atom stereocenters. The highest BCUT2D eigenvalue weighted by molar-refractivity contribution is 5.84. The second kappa shape index (κ2) is 7.57. The lowest BCUT2D eigenvalue weighted by Crippen LogP contribution is -2.15. The molecule has 0 aromatic heterocycles. The molecule has 0 atom stereocenters. The van der Waals surface area contributed by atoms with Crippen LogP contribution in [0.1, 0.15) is 16.7 Å². The normalized spacial score (nSPS) is 14.4. The van der Waals surface area contributed by atoms with Crippen molar-refractivity contribution in [1.29, 1.82) is 0 Å². The zero-order chi connectivity index (χ0) is 19.4. The van der Waals surface area contributed by atoms with Crippen LogP contribution >= 0.6 is 0 Å². The Kier molecular flexibility index (Phi) is 5.21. The van der Waals surface area contributed by atoms with Gasteiger partial charge in [0.2, 0.25) is 0 Å². The standard InChI is InChI=1S/C20H15F3O4/c21-20(22,23)15-7-4-13(5-8-15)16(2-1-3-19(24)25)14-6-9-17-18(12-14)27-11-10-26-17/h1-9,12H,10-11H2,(H,24,25). The first-order valence-corrected chi connectivity index (χ1v) is 8.03. The quantitative estimate of drug-likeness (QED) is 0.628. The number of benzene rings is 2. The molecule has 0 radical (unpaired) electrons. The number of carboxylic acid groups (broad SMARTS) is 1. The van der Waals surface area contributed by atoms with Crippen molar-refractivity contribution < 1.29 is 32.5 Å². The van der Waals surface area contributed by atoms with Crippen LogP contribution in [0.3, 0.4) is 0 Å². The predicted octanol–water partition coefficient (Wildman–Crippen LogP) is 4.55. The Labute approximate surface area is 153 Å². The molecule has 0 bridgehead atoms. The van der Waals surface area contributed by atoms with Crippen molar-refractivity contribution in [3.05, 3.63) is 77.4 Å². The van der Waals surface area contributed by atoms with Gasteiger partial charge >= 0.3 is 12.1 Å². The van der Waals surface area contributed by atoms with E-state index in [1.54, 1.807) is 18.2 Å². The van der Waals surface area contributed by atoms with E-state index in [-0.39, 0.29) is 0 Å². The summed E-state index contributed by atoms with van der Waals surface area (Å²) in [7, 11) is 0. The fourth-order valence-electron chi connectivity index (χ4n) is 2.64. The van der Waals surface area contributed by atoms with Gasteiger partial charge < -0.3 is 14.6 Å². The third kappa shape index (κ3) is 4.49. The smallest absolute Gasteiger partial charge is 0.416 e. The molecular formula is C20H15F3O4. The average molecular weight is 376 g/mol. The first kappa shape index (κ1) is 18.6. The predicted molar refractivity (Wildman–Crippen MR) is 92.7 cm³/mol. The van der Waals surface area contributed by atoms with Crippen LogP contribution in [0, 0.1) is 0 Å². The molecular weight excluding hydrogens is 361 g/mol. The van der Waals surface area contributed by atoms with Gasteiger partial charge in [-0.25, -0.2) is 4.79 Å². The Morgan fingerprint density at radius 1 is 0.963 bits per heavy atom. The van der Waals surface area contributed by atoms with Gasteiger partial charge in [0.05, 0.1) is 5.56 Å². The second-order valence-electron chi connectivity index (χ2n) is 5.71. The Morgan fingerprint density at radius 3 is 2.22 bits per heavy atom. The lowest BCUT2D eigenvalue weighted by molar-refractivity contribution is -0.137. The first-order valence-electron chi connectivity index (χ1n) is 8.03. The molecule has 3 rings (SSSR count). The van der Waals surface area contributed by atoms with Crippen LogP contribution in [0.2, 0.25) is 0 Å². The fraction of sp³-hybridized carbons (Fsp3) is 0.150. The van der Waals surface area contributed by atoms with Crippen molar-refractivity contribution >= 4 is 11.5 Å². The maximum atomic E-state index is 12.8. The summed E-state index contributed by atoms with van der Waals surface area (Å²) in [6.07, 6.45) is -0.626. The number of rotatable bonds is 4. The van der Waals surface area contributed by atoms with Gasteiger partial charge in [-0.3, -0.25) is 0 Å². The second-order valence-corrected chi connectivity index (χ2v) is 5.71. The third-order valence-corrected chi connectivity index (χ3v) is 3.88. The minimum atomic E-state index is -4.43. The van der Waals surface area contributed by atoms with Crippen molar-refractivity contribution in [1.82, 2.24) is 0 Å². The molecule has 27 heavy (non-hydrogen) atoms. The minimum absolute atomic E-state index is 0.398. The van der Waals surface area contributed by atoms with E-state index in [4.69, 9.17) is 14.6 Å². The van der Waals surface area contributed by atoms with Crippen LogP contribution < -0.4 is 9.47 Å². The molecule has 7 heteroatoms. The number of carboxylic acids is 1. The molecule has 1 N–H and O–H groups in total. The summed E-state index contributed by atoms with van der Waals surface area (Å²) in [6, 6.07) is 9.84. The molecule has 2 aromatic carbocycles. The molecule has 140 valence electrons. The largest absolute Gasteiger partial charge is 0.486 e. The Hall–Kier alpha value is -3.22.